The summed E-state index contributed by atoms with van der Waals surface area (Å²) in [5, 5.41) is 3.91. The second-order valence-electron chi connectivity index (χ2n) is 4.84. The van der Waals surface area contributed by atoms with Crippen LogP contribution < -0.4 is 10.5 Å². The summed E-state index contributed by atoms with van der Waals surface area (Å²) in [6.45, 7) is 2.04. The number of ether oxygens (including phenoxy) is 1. The normalized spacial score (nSPS) is 10.6. The topological polar surface area (TPSA) is 61.3 Å². The molecule has 3 aromatic rings. The first-order valence-corrected chi connectivity index (χ1v) is 6.66. The third-order valence-electron chi connectivity index (χ3n) is 3.41. The van der Waals surface area contributed by atoms with Gasteiger partial charge in [-0.05, 0) is 24.6 Å². The van der Waals surface area contributed by atoms with Crippen LogP contribution in [0.15, 0.2) is 53.1 Å². The molecule has 1 heterocycles. The Morgan fingerprint density at radius 1 is 1.05 bits per heavy atom. The molecule has 0 bridgehead atoms. The number of benzene rings is 2. The molecular formula is C17H16N2O2. The zero-order valence-corrected chi connectivity index (χ0v) is 12.0. The predicted octanol–water partition coefficient (Wildman–Crippen LogP) is 3.91. The number of para-hydroxylation sites is 1. The predicted molar refractivity (Wildman–Crippen MR) is 83.1 cm³/mol. The fourth-order valence-electron chi connectivity index (χ4n) is 2.32. The van der Waals surface area contributed by atoms with E-state index < -0.39 is 0 Å². The Bertz CT molecular complexity index is 761. The first-order valence-electron chi connectivity index (χ1n) is 6.66. The largest absolute Gasteiger partial charge is 0.496 e. The van der Waals surface area contributed by atoms with Crippen LogP contribution in [0.2, 0.25) is 0 Å². The van der Waals surface area contributed by atoms with Crippen molar-refractivity contribution in [1.29, 1.82) is 0 Å². The van der Waals surface area contributed by atoms with Gasteiger partial charge in [-0.1, -0.05) is 47.1 Å². The number of rotatable bonds is 3. The smallest absolute Gasteiger partial charge is 0.180 e. The van der Waals surface area contributed by atoms with E-state index in [0.717, 1.165) is 22.4 Å². The van der Waals surface area contributed by atoms with E-state index in [-0.39, 0.29) is 0 Å². The van der Waals surface area contributed by atoms with Gasteiger partial charge in [0.1, 0.15) is 5.75 Å². The average molecular weight is 280 g/mol. The fraction of sp³-hybridized carbons (Fsp3) is 0.118. The Labute approximate surface area is 123 Å². The Kier molecular flexibility index (Phi) is 3.36. The van der Waals surface area contributed by atoms with Crippen molar-refractivity contribution in [3.63, 3.8) is 0 Å². The molecule has 21 heavy (non-hydrogen) atoms. The molecule has 2 aromatic carbocycles. The van der Waals surface area contributed by atoms with Crippen molar-refractivity contribution in [3.8, 4) is 28.2 Å². The molecule has 0 amide bonds. The van der Waals surface area contributed by atoms with Crippen molar-refractivity contribution in [2.24, 2.45) is 0 Å². The van der Waals surface area contributed by atoms with Crippen LogP contribution in [0.25, 0.3) is 22.5 Å². The molecule has 0 aliphatic rings. The SMILES string of the molecule is COc1ccccc1-c1onc(N)c1-c1ccc(C)cc1. The molecule has 0 saturated heterocycles. The lowest BCUT2D eigenvalue weighted by molar-refractivity contribution is 0.407. The molecule has 0 saturated carbocycles. The van der Waals surface area contributed by atoms with E-state index in [2.05, 4.69) is 5.16 Å². The average Bonchev–Trinajstić information content (AvgIpc) is 2.90. The van der Waals surface area contributed by atoms with Crippen LogP contribution in [0.4, 0.5) is 5.82 Å². The number of nitrogens with zero attached hydrogens (tertiary/aromatic N) is 1. The zero-order valence-electron chi connectivity index (χ0n) is 12.0. The minimum absolute atomic E-state index is 0.375. The number of aryl methyl sites for hydroxylation is 1. The summed E-state index contributed by atoms with van der Waals surface area (Å²) < 4.78 is 10.8. The van der Waals surface area contributed by atoms with Crippen molar-refractivity contribution in [2.75, 3.05) is 12.8 Å². The first kappa shape index (κ1) is 13.2. The number of anilines is 1. The highest BCUT2D eigenvalue weighted by molar-refractivity contribution is 5.88. The van der Waals surface area contributed by atoms with E-state index in [0.29, 0.717) is 11.6 Å². The molecule has 0 aliphatic carbocycles. The van der Waals surface area contributed by atoms with Gasteiger partial charge in [0.05, 0.1) is 18.2 Å². The molecule has 3 rings (SSSR count). The third-order valence-corrected chi connectivity index (χ3v) is 3.41. The summed E-state index contributed by atoms with van der Waals surface area (Å²) in [4.78, 5) is 0. The highest BCUT2D eigenvalue weighted by Gasteiger charge is 2.20. The van der Waals surface area contributed by atoms with Gasteiger partial charge in [0.15, 0.2) is 11.6 Å². The zero-order chi connectivity index (χ0) is 14.8. The van der Waals surface area contributed by atoms with Gasteiger partial charge in [0.2, 0.25) is 0 Å². The Hall–Kier alpha value is -2.75. The molecular weight excluding hydrogens is 264 g/mol. The van der Waals surface area contributed by atoms with Gasteiger partial charge in [-0.3, -0.25) is 0 Å². The molecule has 0 aliphatic heterocycles. The quantitative estimate of drug-likeness (QED) is 0.790. The molecule has 1 aromatic heterocycles. The van der Waals surface area contributed by atoms with Gasteiger partial charge < -0.3 is 15.0 Å². The van der Waals surface area contributed by atoms with Crippen LogP contribution in [0, 0.1) is 6.92 Å². The number of nitrogens with two attached hydrogens (primary N) is 1. The Morgan fingerprint density at radius 2 is 1.76 bits per heavy atom. The number of methoxy groups -OCH3 is 1. The number of aromatic nitrogens is 1. The summed E-state index contributed by atoms with van der Waals surface area (Å²) >= 11 is 0. The van der Waals surface area contributed by atoms with Gasteiger partial charge in [0, 0.05) is 0 Å². The first-order chi connectivity index (χ1) is 10.2. The minimum Gasteiger partial charge on any atom is -0.496 e. The maximum Gasteiger partial charge on any atom is 0.180 e. The number of hydrogen-bond donors (Lipinski definition) is 1. The van der Waals surface area contributed by atoms with Gasteiger partial charge in [-0.2, -0.15) is 0 Å². The van der Waals surface area contributed by atoms with Gasteiger partial charge >= 0.3 is 0 Å². The summed E-state index contributed by atoms with van der Waals surface area (Å²) in [7, 11) is 1.63. The molecule has 0 radical (unpaired) electrons. The van der Waals surface area contributed by atoms with E-state index in [1.165, 1.54) is 5.56 Å². The van der Waals surface area contributed by atoms with E-state index in [1.54, 1.807) is 7.11 Å². The standard InChI is InChI=1S/C17H16N2O2/c1-11-7-9-12(10-8-11)15-16(21-19-17(15)18)13-5-3-4-6-14(13)20-2/h3-10H,1-2H3,(H2,18,19). The van der Waals surface area contributed by atoms with Crippen LogP contribution in [0.5, 0.6) is 5.75 Å². The lowest BCUT2D eigenvalue weighted by Gasteiger charge is -2.07. The lowest BCUT2D eigenvalue weighted by atomic mass is 10.00. The van der Waals surface area contributed by atoms with E-state index in [1.807, 2.05) is 55.5 Å². The number of hydrogen-bond acceptors (Lipinski definition) is 4. The molecule has 0 atom stereocenters. The highest BCUT2D eigenvalue weighted by atomic mass is 16.5. The van der Waals surface area contributed by atoms with Crippen molar-refractivity contribution in [2.45, 2.75) is 6.92 Å². The molecule has 4 nitrogen and oxygen atoms in total. The summed E-state index contributed by atoms with van der Waals surface area (Å²) in [5.74, 6) is 1.72. The number of nitrogen functional groups attached to an aromatic ring is 1. The highest BCUT2D eigenvalue weighted by Crippen LogP contribution is 2.40. The van der Waals surface area contributed by atoms with Crippen LogP contribution in [-0.4, -0.2) is 12.3 Å². The Balaban J connectivity index is 2.19. The molecule has 0 spiro atoms. The monoisotopic (exact) mass is 280 g/mol. The molecule has 106 valence electrons. The van der Waals surface area contributed by atoms with Crippen LogP contribution in [-0.2, 0) is 0 Å². The molecule has 2 N–H and O–H groups in total. The van der Waals surface area contributed by atoms with Gasteiger partial charge in [-0.25, -0.2) is 0 Å². The fourth-order valence-corrected chi connectivity index (χ4v) is 2.32. The van der Waals surface area contributed by atoms with E-state index in [4.69, 9.17) is 15.0 Å². The van der Waals surface area contributed by atoms with Crippen molar-refractivity contribution >= 4 is 5.82 Å². The lowest BCUT2D eigenvalue weighted by Crippen LogP contribution is -1.91. The van der Waals surface area contributed by atoms with Crippen molar-refractivity contribution in [3.05, 3.63) is 54.1 Å². The van der Waals surface area contributed by atoms with Crippen LogP contribution >= 0.6 is 0 Å². The second kappa shape index (κ2) is 5.32. The van der Waals surface area contributed by atoms with Crippen molar-refractivity contribution < 1.29 is 9.26 Å². The van der Waals surface area contributed by atoms with Crippen LogP contribution in [0.3, 0.4) is 0 Å². The summed E-state index contributed by atoms with van der Waals surface area (Å²) in [5.41, 5.74) is 9.78. The molecule has 4 heteroatoms. The maximum absolute atomic E-state index is 5.99. The second-order valence-corrected chi connectivity index (χ2v) is 4.84. The molecule has 0 fully saturated rings. The molecule has 0 unspecified atom stereocenters. The van der Waals surface area contributed by atoms with E-state index in [9.17, 15) is 0 Å². The van der Waals surface area contributed by atoms with Crippen molar-refractivity contribution in [1.82, 2.24) is 5.16 Å². The summed E-state index contributed by atoms with van der Waals surface area (Å²) in [6, 6.07) is 15.7. The van der Waals surface area contributed by atoms with E-state index >= 15 is 0 Å². The maximum atomic E-state index is 5.99. The third kappa shape index (κ3) is 2.36. The minimum atomic E-state index is 0.375. The summed E-state index contributed by atoms with van der Waals surface area (Å²) in [6.07, 6.45) is 0. The van der Waals surface area contributed by atoms with Gasteiger partial charge in [-0.15, -0.1) is 0 Å². The Morgan fingerprint density at radius 3 is 2.48 bits per heavy atom. The van der Waals surface area contributed by atoms with Crippen LogP contribution in [0.1, 0.15) is 5.56 Å². The van der Waals surface area contributed by atoms with Gasteiger partial charge in [0.25, 0.3) is 0 Å².